The average molecular weight is 424 g/mol. The van der Waals surface area contributed by atoms with Crippen molar-refractivity contribution in [2.75, 3.05) is 19.1 Å². The van der Waals surface area contributed by atoms with Crippen molar-refractivity contribution < 1.29 is 9.21 Å². The summed E-state index contributed by atoms with van der Waals surface area (Å²) in [4.78, 5) is 11.8. The molecule has 0 aliphatic heterocycles. The maximum absolute atomic E-state index is 11.8. The highest BCUT2D eigenvalue weighted by atomic mass is 127. The van der Waals surface area contributed by atoms with Crippen molar-refractivity contribution in [1.29, 1.82) is 0 Å². The Kier molecular flexibility index (Phi) is 3.83. The maximum atomic E-state index is 11.8. The van der Waals surface area contributed by atoms with Gasteiger partial charge in [0.1, 0.15) is 5.58 Å². The van der Waals surface area contributed by atoms with Crippen LogP contribution in [0, 0.1) is 3.77 Å². The third kappa shape index (κ3) is 2.21. The van der Waals surface area contributed by atoms with E-state index in [-0.39, 0.29) is 5.91 Å². The van der Waals surface area contributed by atoms with Gasteiger partial charge in [0.2, 0.25) is 0 Å². The SMILES string of the molecule is CNC(=O)c1c(I)oc2cc(N(C)N)c(Br)cc12. The number of fused-ring (bicyclic) bond motifs is 1. The summed E-state index contributed by atoms with van der Waals surface area (Å²) < 4.78 is 6.96. The molecule has 96 valence electrons. The molecule has 0 radical (unpaired) electrons. The third-order valence-electron chi connectivity index (χ3n) is 2.55. The molecular formula is C11H11BrIN3O2. The van der Waals surface area contributed by atoms with Crippen LogP contribution in [0.15, 0.2) is 21.0 Å². The molecule has 0 bridgehead atoms. The molecule has 5 nitrogen and oxygen atoms in total. The molecule has 0 aliphatic rings. The fraction of sp³-hybridized carbons (Fsp3) is 0.182. The van der Waals surface area contributed by atoms with Crippen LogP contribution in [0.5, 0.6) is 0 Å². The minimum absolute atomic E-state index is 0.168. The van der Waals surface area contributed by atoms with Crippen LogP contribution in [-0.4, -0.2) is 20.0 Å². The molecule has 0 saturated heterocycles. The zero-order valence-electron chi connectivity index (χ0n) is 9.75. The van der Waals surface area contributed by atoms with Crippen LogP contribution >= 0.6 is 38.5 Å². The number of carbonyl (C=O) groups excluding carboxylic acids is 1. The summed E-state index contributed by atoms with van der Waals surface area (Å²) >= 11 is 5.44. The van der Waals surface area contributed by atoms with Crippen molar-refractivity contribution in [3.63, 3.8) is 0 Å². The summed E-state index contributed by atoms with van der Waals surface area (Å²) in [6.07, 6.45) is 0. The van der Waals surface area contributed by atoms with Gasteiger partial charge in [-0.2, -0.15) is 0 Å². The van der Waals surface area contributed by atoms with Gasteiger partial charge in [-0.05, 0) is 22.0 Å². The number of rotatable bonds is 2. The van der Waals surface area contributed by atoms with Gasteiger partial charge in [0.15, 0.2) is 3.77 Å². The fourth-order valence-corrected chi connectivity index (χ4v) is 3.08. The quantitative estimate of drug-likeness (QED) is 0.442. The van der Waals surface area contributed by atoms with Gasteiger partial charge < -0.3 is 14.7 Å². The van der Waals surface area contributed by atoms with Gasteiger partial charge in [-0.15, -0.1) is 0 Å². The number of nitrogens with two attached hydrogens (primary N) is 1. The second-order valence-electron chi connectivity index (χ2n) is 3.74. The van der Waals surface area contributed by atoms with E-state index in [2.05, 4.69) is 21.2 Å². The van der Waals surface area contributed by atoms with E-state index in [1.165, 1.54) is 5.01 Å². The van der Waals surface area contributed by atoms with Crippen LogP contribution < -0.4 is 16.2 Å². The predicted octanol–water partition coefficient (Wildman–Crippen LogP) is 2.47. The highest BCUT2D eigenvalue weighted by Gasteiger charge is 2.20. The molecule has 0 atom stereocenters. The normalized spacial score (nSPS) is 10.7. The highest BCUT2D eigenvalue weighted by Crippen LogP contribution is 2.34. The summed E-state index contributed by atoms with van der Waals surface area (Å²) in [5.74, 6) is 5.55. The molecule has 0 fully saturated rings. The van der Waals surface area contributed by atoms with Gasteiger partial charge in [-0.1, -0.05) is 0 Å². The second-order valence-corrected chi connectivity index (χ2v) is 5.57. The molecule has 7 heteroatoms. The Morgan fingerprint density at radius 2 is 2.22 bits per heavy atom. The van der Waals surface area contributed by atoms with Gasteiger partial charge in [0.05, 0.1) is 11.3 Å². The number of benzene rings is 1. The zero-order valence-corrected chi connectivity index (χ0v) is 13.5. The Labute approximate surface area is 126 Å². The Bertz CT molecular complexity index is 624. The van der Waals surface area contributed by atoms with Crippen LogP contribution in [0.2, 0.25) is 0 Å². The number of furan rings is 1. The van der Waals surface area contributed by atoms with Gasteiger partial charge in [-0.3, -0.25) is 4.79 Å². The number of nitrogens with one attached hydrogen (secondary N) is 1. The Hall–Kier alpha value is -0.800. The van der Waals surface area contributed by atoms with Crippen LogP contribution in [-0.2, 0) is 0 Å². The van der Waals surface area contributed by atoms with Crippen LogP contribution in [0.4, 0.5) is 5.69 Å². The zero-order chi connectivity index (χ0) is 13.4. The first-order chi connectivity index (χ1) is 8.45. The molecule has 2 aromatic rings. The van der Waals surface area contributed by atoms with E-state index in [1.807, 2.05) is 28.7 Å². The van der Waals surface area contributed by atoms with E-state index in [9.17, 15) is 4.79 Å². The van der Waals surface area contributed by atoms with E-state index in [0.29, 0.717) is 14.9 Å². The number of amides is 1. The summed E-state index contributed by atoms with van der Waals surface area (Å²) in [5, 5.41) is 4.85. The Morgan fingerprint density at radius 1 is 1.56 bits per heavy atom. The van der Waals surface area contributed by atoms with Crippen molar-refractivity contribution in [2.24, 2.45) is 5.84 Å². The molecule has 1 heterocycles. The fourth-order valence-electron chi connectivity index (χ4n) is 1.68. The van der Waals surface area contributed by atoms with E-state index in [0.717, 1.165) is 15.5 Å². The number of carbonyl (C=O) groups is 1. The molecule has 2 rings (SSSR count). The number of anilines is 1. The number of nitrogens with zero attached hydrogens (tertiary/aromatic N) is 1. The first-order valence-corrected chi connectivity index (χ1v) is 6.95. The molecule has 1 aromatic carbocycles. The molecule has 18 heavy (non-hydrogen) atoms. The molecule has 0 aliphatic carbocycles. The van der Waals surface area contributed by atoms with E-state index in [1.54, 1.807) is 20.2 Å². The third-order valence-corrected chi connectivity index (χ3v) is 3.94. The maximum Gasteiger partial charge on any atom is 0.256 e. The number of hydrazine groups is 1. The largest absolute Gasteiger partial charge is 0.449 e. The lowest BCUT2D eigenvalue weighted by atomic mass is 10.1. The Morgan fingerprint density at radius 3 is 2.78 bits per heavy atom. The topological polar surface area (TPSA) is 71.5 Å². The van der Waals surface area contributed by atoms with Crippen LogP contribution in [0.3, 0.4) is 0 Å². The van der Waals surface area contributed by atoms with Crippen molar-refractivity contribution in [2.45, 2.75) is 0 Å². The molecular weight excluding hydrogens is 413 g/mol. The molecule has 1 aromatic heterocycles. The first kappa shape index (κ1) is 13.6. The highest BCUT2D eigenvalue weighted by molar-refractivity contribution is 14.1. The molecule has 0 unspecified atom stereocenters. The van der Waals surface area contributed by atoms with Gasteiger partial charge in [-0.25, -0.2) is 5.84 Å². The van der Waals surface area contributed by atoms with Crippen LogP contribution in [0.25, 0.3) is 11.0 Å². The average Bonchev–Trinajstić information content (AvgIpc) is 2.62. The first-order valence-electron chi connectivity index (χ1n) is 5.07. The Balaban J connectivity index is 2.73. The lowest BCUT2D eigenvalue weighted by Crippen LogP contribution is -2.25. The number of hydrogen-bond donors (Lipinski definition) is 2. The predicted molar refractivity (Wildman–Crippen MR) is 82.6 cm³/mol. The lowest BCUT2D eigenvalue weighted by Gasteiger charge is -2.13. The van der Waals surface area contributed by atoms with E-state index < -0.39 is 0 Å². The number of hydrogen-bond acceptors (Lipinski definition) is 4. The van der Waals surface area contributed by atoms with E-state index in [4.69, 9.17) is 10.3 Å². The summed E-state index contributed by atoms with van der Waals surface area (Å²) in [7, 11) is 3.33. The van der Waals surface area contributed by atoms with E-state index >= 15 is 0 Å². The van der Waals surface area contributed by atoms with Crippen molar-refractivity contribution >= 4 is 61.1 Å². The molecule has 1 amide bonds. The smallest absolute Gasteiger partial charge is 0.256 e. The second kappa shape index (κ2) is 5.06. The van der Waals surface area contributed by atoms with Gasteiger partial charge >= 0.3 is 0 Å². The molecule has 0 saturated carbocycles. The summed E-state index contributed by atoms with van der Waals surface area (Å²) in [6.45, 7) is 0. The summed E-state index contributed by atoms with van der Waals surface area (Å²) in [5.41, 5.74) is 1.96. The van der Waals surface area contributed by atoms with Crippen LogP contribution in [0.1, 0.15) is 10.4 Å². The molecule has 3 N–H and O–H groups in total. The minimum atomic E-state index is -0.168. The summed E-state index contributed by atoms with van der Waals surface area (Å²) in [6, 6.07) is 3.64. The van der Waals surface area contributed by atoms with Crippen molar-refractivity contribution in [3.05, 3.63) is 25.9 Å². The van der Waals surface area contributed by atoms with Crippen molar-refractivity contribution in [3.8, 4) is 0 Å². The lowest BCUT2D eigenvalue weighted by molar-refractivity contribution is 0.0962. The standard InChI is InChI=1S/C11H11BrIN3O2/c1-15-11(17)9-5-3-6(12)7(16(2)14)4-8(5)18-10(9)13/h3-4H,14H2,1-2H3,(H,15,17). The minimum Gasteiger partial charge on any atom is -0.449 e. The monoisotopic (exact) mass is 423 g/mol. The van der Waals surface area contributed by atoms with Gasteiger partial charge in [0.25, 0.3) is 5.91 Å². The molecule has 0 spiro atoms. The number of halogens is 2. The van der Waals surface area contributed by atoms with Crippen molar-refractivity contribution in [1.82, 2.24) is 5.32 Å². The van der Waals surface area contributed by atoms with Gasteiger partial charge in [0, 0.05) is 52.6 Å².